The molecular weight excluding hydrogens is 211 g/mol. The second-order valence-corrected chi connectivity index (χ2v) is 2.94. The molecule has 0 aromatic heterocycles. The summed E-state index contributed by atoms with van der Waals surface area (Å²) >= 11 is 0. The van der Waals surface area contributed by atoms with Crippen LogP contribution in [0.5, 0.6) is 0 Å². The number of nitriles is 1. The third-order valence-electron chi connectivity index (χ3n) is 1.59. The fourth-order valence-electron chi connectivity index (χ4n) is 0.789. The predicted molar refractivity (Wildman–Crippen MR) is 46.8 cm³/mol. The molecule has 0 saturated carbocycles. The van der Waals surface area contributed by atoms with E-state index in [0.29, 0.717) is 0 Å². The monoisotopic (exact) mass is 223 g/mol. The van der Waals surface area contributed by atoms with Crippen LogP contribution in [0.4, 0.5) is 13.2 Å². The summed E-state index contributed by atoms with van der Waals surface area (Å²) in [5, 5.41) is 10.2. The SMILES string of the molecule is CN(CCC#N)C(=O)CNCC(F)(F)F. The Kier molecular flexibility index (Phi) is 5.70. The number of halogens is 3. The van der Waals surface area contributed by atoms with Crippen molar-refractivity contribution >= 4 is 5.91 Å². The lowest BCUT2D eigenvalue weighted by Gasteiger charge is -2.16. The summed E-state index contributed by atoms with van der Waals surface area (Å²) in [7, 11) is 1.44. The lowest BCUT2D eigenvalue weighted by atomic mass is 10.4. The highest BCUT2D eigenvalue weighted by molar-refractivity contribution is 5.77. The molecule has 0 spiro atoms. The van der Waals surface area contributed by atoms with Gasteiger partial charge in [-0.25, -0.2) is 0 Å². The molecular formula is C8H12F3N3O. The Morgan fingerprint density at radius 1 is 1.53 bits per heavy atom. The molecule has 0 aliphatic rings. The smallest absolute Gasteiger partial charge is 0.344 e. The molecule has 0 radical (unpaired) electrons. The maximum Gasteiger partial charge on any atom is 0.401 e. The summed E-state index contributed by atoms with van der Waals surface area (Å²) in [6, 6.07) is 1.84. The Hall–Kier alpha value is -1.29. The van der Waals surface area contributed by atoms with E-state index in [1.165, 1.54) is 11.9 Å². The van der Waals surface area contributed by atoms with Gasteiger partial charge in [0.25, 0.3) is 0 Å². The Morgan fingerprint density at radius 3 is 2.60 bits per heavy atom. The molecule has 0 bridgehead atoms. The van der Waals surface area contributed by atoms with Gasteiger partial charge in [-0.3, -0.25) is 4.79 Å². The Labute approximate surface area is 85.7 Å². The minimum Gasteiger partial charge on any atom is -0.344 e. The number of carbonyl (C=O) groups is 1. The van der Waals surface area contributed by atoms with Crippen LogP contribution in [0.1, 0.15) is 6.42 Å². The number of hydrogen-bond donors (Lipinski definition) is 1. The summed E-state index contributed by atoms with van der Waals surface area (Å²) in [4.78, 5) is 12.3. The van der Waals surface area contributed by atoms with E-state index in [1.54, 1.807) is 0 Å². The predicted octanol–water partition coefficient (Wildman–Crippen LogP) is 0.510. The molecule has 0 rings (SSSR count). The van der Waals surface area contributed by atoms with Crippen LogP contribution >= 0.6 is 0 Å². The largest absolute Gasteiger partial charge is 0.401 e. The zero-order valence-electron chi connectivity index (χ0n) is 8.26. The molecule has 0 atom stereocenters. The fourth-order valence-corrected chi connectivity index (χ4v) is 0.789. The van der Waals surface area contributed by atoms with E-state index in [4.69, 9.17) is 5.26 Å². The molecule has 0 aliphatic heterocycles. The molecule has 4 nitrogen and oxygen atoms in total. The van der Waals surface area contributed by atoms with Crippen molar-refractivity contribution in [3.63, 3.8) is 0 Å². The van der Waals surface area contributed by atoms with Crippen molar-refractivity contribution < 1.29 is 18.0 Å². The summed E-state index contributed by atoms with van der Waals surface area (Å²) in [5.74, 6) is -0.463. The molecule has 0 aromatic rings. The van der Waals surface area contributed by atoms with Crippen molar-refractivity contribution in [2.24, 2.45) is 0 Å². The van der Waals surface area contributed by atoms with Crippen LogP contribution in [0.2, 0.25) is 0 Å². The van der Waals surface area contributed by atoms with E-state index < -0.39 is 18.6 Å². The topological polar surface area (TPSA) is 56.1 Å². The van der Waals surface area contributed by atoms with Gasteiger partial charge in [0.1, 0.15) is 0 Å². The molecule has 0 heterocycles. The van der Waals surface area contributed by atoms with Crippen LogP contribution in [-0.4, -0.2) is 43.7 Å². The normalized spacial score (nSPS) is 10.9. The minimum atomic E-state index is -4.31. The van der Waals surface area contributed by atoms with Gasteiger partial charge in [0.15, 0.2) is 0 Å². The molecule has 0 saturated heterocycles. The summed E-state index contributed by atoms with van der Waals surface area (Å²) in [5.41, 5.74) is 0. The van der Waals surface area contributed by atoms with Gasteiger partial charge in [0.05, 0.1) is 25.6 Å². The van der Waals surface area contributed by atoms with E-state index >= 15 is 0 Å². The number of hydrogen-bond acceptors (Lipinski definition) is 3. The Balaban J connectivity index is 3.70. The third-order valence-corrected chi connectivity index (χ3v) is 1.59. The first kappa shape index (κ1) is 13.7. The van der Waals surface area contributed by atoms with Crippen molar-refractivity contribution in [3.05, 3.63) is 0 Å². The van der Waals surface area contributed by atoms with Crippen molar-refractivity contribution in [3.8, 4) is 6.07 Å². The molecule has 0 fully saturated rings. The van der Waals surface area contributed by atoms with Gasteiger partial charge < -0.3 is 10.2 Å². The van der Waals surface area contributed by atoms with Crippen LogP contribution in [-0.2, 0) is 4.79 Å². The molecule has 0 aliphatic carbocycles. The summed E-state index contributed by atoms with van der Waals surface area (Å²) in [6.45, 7) is -1.34. The first-order valence-corrected chi connectivity index (χ1v) is 4.25. The van der Waals surface area contributed by atoms with Gasteiger partial charge in [-0.05, 0) is 0 Å². The van der Waals surface area contributed by atoms with E-state index in [1.807, 2.05) is 11.4 Å². The highest BCUT2D eigenvalue weighted by atomic mass is 19.4. The second kappa shape index (κ2) is 6.24. The Morgan fingerprint density at radius 2 is 2.13 bits per heavy atom. The fraction of sp³-hybridized carbons (Fsp3) is 0.750. The molecule has 0 aromatic carbocycles. The number of amides is 1. The van der Waals surface area contributed by atoms with Crippen LogP contribution in [0.15, 0.2) is 0 Å². The molecule has 7 heteroatoms. The van der Waals surface area contributed by atoms with E-state index in [9.17, 15) is 18.0 Å². The maximum absolute atomic E-state index is 11.7. The van der Waals surface area contributed by atoms with E-state index in [-0.39, 0.29) is 19.5 Å². The first-order valence-electron chi connectivity index (χ1n) is 4.25. The van der Waals surface area contributed by atoms with Gasteiger partial charge in [-0.2, -0.15) is 18.4 Å². The zero-order chi connectivity index (χ0) is 11.9. The highest BCUT2D eigenvalue weighted by Gasteiger charge is 2.26. The lowest BCUT2D eigenvalue weighted by molar-refractivity contribution is -0.133. The average molecular weight is 223 g/mol. The van der Waals surface area contributed by atoms with Crippen molar-refractivity contribution in [1.82, 2.24) is 10.2 Å². The number of carbonyl (C=O) groups excluding carboxylic acids is 1. The average Bonchev–Trinajstić information content (AvgIpc) is 2.11. The maximum atomic E-state index is 11.7. The first-order chi connectivity index (χ1) is 6.87. The second-order valence-electron chi connectivity index (χ2n) is 2.94. The molecule has 86 valence electrons. The van der Waals surface area contributed by atoms with Crippen LogP contribution in [0, 0.1) is 11.3 Å². The van der Waals surface area contributed by atoms with Crippen molar-refractivity contribution in [2.75, 3.05) is 26.7 Å². The molecule has 1 N–H and O–H groups in total. The Bertz CT molecular complexity index is 246. The minimum absolute atomic E-state index is 0.168. The number of nitrogens with one attached hydrogen (secondary N) is 1. The highest BCUT2D eigenvalue weighted by Crippen LogP contribution is 2.11. The van der Waals surface area contributed by atoms with Gasteiger partial charge in [0, 0.05) is 13.6 Å². The van der Waals surface area contributed by atoms with Crippen molar-refractivity contribution in [2.45, 2.75) is 12.6 Å². The van der Waals surface area contributed by atoms with Gasteiger partial charge in [-0.1, -0.05) is 0 Å². The van der Waals surface area contributed by atoms with Crippen LogP contribution in [0.25, 0.3) is 0 Å². The zero-order valence-corrected chi connectivity index (χ0v) is 8.26. The number of nitrogens with zero attached hydrogens (tertiary/aromatic N) is 2. The van der Waals surface area contributed by atoms with E-state index in [0.717, 1.165) is 0 Å². The summed E-state index contributed by atoms with van der Waals surface area (Å²) < 4.78 is 35.0. The standard InChI is InChI=1S/C8H12F3N3O/c1-14(4-2-3-12)7(15)5-13-6-8(9,10)11/h13H,2,4-6H2,1H3. The van der Waals surface area contributed by atoms with Gasteiger partial charge in [0.2, 0.25) is 5.91 Å². The molecule has 0 unspecified atom stereocenters. The van der Waals surface area contributed by atoms with Gasteiger partial charge in [-0.15, -0.1) is 0 Å². The molecule has 15 heavy (non-hydrogen) atoms. The molecule has 1 amide bonds. The number of alkyl halides is 3. The summed E-state index contributed by atoms with van der Waals surface area (Å²) in [6.07, 6.45) is -4.15. The number of likely N-dealkylation sites (N-methyl/N-ethyl adjacent to an activating group) is 1. The van der Waals surface area contributed by atoms with Crippen LogP contribution in [0.3, 0.4) is 0 Å². The quantitative estimate of drug-likeness (QED) is 0.738. The lowest BCUT2D eigenvalue weighted by Crippen LogP contribution is -2.39. The van der Waals surface area contributed by atoms with E-state index in [2.05, 4.69) is 0 Å². The third kappa shape index (κ3) is 7.76. The van der Waals surface area contributed by atoms with Gasteiger partial charge >= 0.3 is 6.18 Å². The van der Waals surface area contributed by atoms with Crippen molar-refractivity contribution in [1.29, 1.82) is 5.26 Å². The number of rotatable bonds is 5. The van der Waals surface area contributed by atoms with Crippen LogP contribution < -0.4 is 5.32 Å².